The van der Waals surface area contributed by atoms with Gasteiger partial charge in [-0.25, -0.2) is 0 Å². The minimum Gasteiger partial charge on any atom is -0.497 e. The molecule has 2 N–H and O–H groups in total. The van der Waals surface area contributed by atoms with Crippen molar-refractivity contribution in [2.45, 2.75) is 12.3 Å². The van der Waals surface area contributed by atoms with E-state index in [0.717, 1.165) is 22.6 Å². The molecule has 2 aromatic carbocycles. The summed E-state index contributed by atoms with van der Waals surface area (Å²) in [5, 5.41) is 1.30. The lowest BCUT2D eigenvalue weighted by molar-refractivity contribution is 0.388. The van der Waals surface area contributed by atoms with Crippen molar-refractivity contribution in [1.29, 1.82) is 0 Å². The van der Waals surface area contributed by atoms with Crippen LogP contribution in [0.2, 0.25) is 10.0 Å². The Morgan fingerprint density at radius 2 is 1.73 bits per heavy atom. The molecule has 0 aromatic heterocycles. The first-order valence-electron chi connectivity index (χ1n) is 6.95. The zero-order chi connectivity index (χ0) is 16.1. The second-order valence-corrected chi connectivity index (χ2v) is 5.76. The Balaban J connectivity index is 2.36. The van der Waals surface area contributed by atoms with Crippen LogP contribution in [-0.2, 0) is 6.42 Å². The van der Waals surface area contributed by atoms with Gasteiger partial charge in [-0.3, -0.25) is 0 Å². The third kappa shape index (κ3) is 3.67. The predicted molar refractivity (Wildman–Crippen MR) is 91.5 cm³/mol. The van der Waals surface area contributed by atoms with Crippen molar-refractivity contribution in [2.24, 2.45) is 5.73 Å². The Morgan fingerprint density at radius 1 is 1.05 bits per heavy atom. The number of nitrogens with two attached hydrogens (primary N) is 1. The van der Waals surface area contributed by atoms with Crippen LogP contribution in [0.1, 0.15) is 17.0 Å². The molecule has 2 rings (SSSR count). The fourth-order valence-corrected chi connectivity index (χ4v) is 3.00. The van der Waals surface area contributed by atoms with Gasteiger partial charge in [-0.05, 0) is 42.3 Å². The first-order valence-corrected chi connectivity index (χ1v) is 7.71. The van der Waals surface area contributed by atoms with Crippen LogP contribution in [0, 0.1) is 0 Å². The van der Waals surface area contributed by atoms with Crippen LogP contribution in [0.4, 0.5) is 0 Å². The van der Waals surface area contributed by atoms with E-state index in [4.69, 9.17) is 38.4 Å². The summed E-state index contributed by atoms with van der Waals surface area (Å²) >= 11 is 12.5. The molecule has 0 spiro atoms. The molecular formula is C17H19Cl2NO2. The molecule has 3 nitrogen and oxygen atoms in total. The molecule has 5 heteroatoms. The Kier molecular flexibility index (Phi) is 5.95. The highest BCUT2D eigenvalue weighted by atomic mass is 35.5. The average Bonchev–Trinajstić information content (AvgIpc) is 2.54. The minimum atomic E-state index is 0.0539. The Hall–Kier alpha value is -1.42. The molecule has 0 radical (unpaired) electrons. The van der Waals surface area contributed by atoms with E-state index in [9.17, 15) is 0 Å². The quantitative estimate of drug-likeness (QED) is 0.853. The lowest BCUT2D eigenvalue weighted by Crippen LogP contribution is -2.16. The van der Waals surface area contributed by atoms with E-state index in [-0.39, 0.29) is 5.92 Å². The SMILES string of the molecule is COc1ccc(C(CN)Cc2c(Cl)cccc2Cl)c(OC)c1. The number of benzene rings is 2. The summed E-state index contributed by atoms with van der Waals surface area (Å²) in [7, 11) is 3.26. The fourth-order valence-electron chi connectivity index (χ4n) is 2.45. The molecule has 22 heavy (non-hydrogen) atoms. The van der Waals surface area contributed by atoms with Gasteiger partial charge >= 0.3 is 0 Å². The van der Waals surface area contributed by atoms with E-state index in [1.165, 1.54) is 0 Å². The first kappa shape index (κ1) is 16.9. The lowest BCUT2D eigenvalue weighted by Gasteiger charge is -2.20. The molecule has 0 aliphatic rings. The molecule has 0 saturated heterocycles. The van der Waals surface area contributed by atoms with E-state index in [1.807, 2.05) is 36.4 Å². The van der Waals surface area contributed by atoms with Crippen LogP contribution < -0.4 is 15.2 Å². The van der Waals surface area contributed by atoms with Gasteiger partial charge in [0.1, 0.15) is 11.5 Å². The van der Waals surface area contributed by atoms with Gasteiger partial charge in [0.15, 0.2) is 0 Å². The maximum Gasteiger partial charge on any atom is 0.126 e. The standard InChI is InChI=1S/C17H19Cl2NO2/c1-21-12-6-7-13(17(9-12)22-2)11(10-20)8-14-15(18)4-3-5-16(14)19/h3-7,9,11H,8,10,20H2,1-2H3. The molecule has 1 atom stereocenters. The highest BCUT2D eigenvalue weighted by Gasteiger charge is 2.19. The summed E-state index contributed by atoms with van der Waals surface area (Å²) in [4.78, 5) is 0. The third-order valence-corrected chi connectivity index (χ3v) is 4.39. The van der Waals surface area contributed by atoms with Gasteiger partial charge in [0.05, 0.1) is 14.2 Å². The highest BCUT2D eigenvalue weighted by molar-refractivity contribution is 6.36. The number of rotatable bonds is 6. The molecular weight excluding hydrogens is 321 g/mol. The van der Waals surface area contributed by atoms with Crippen LogP contribution in [0.3, 0.4) is 0 Å². The predicted octanol–water partition coefficient (Wildman–Crippen LogP) is 4.30. The number of ether oxygens (including phenoxy) is 2. The second kappa shape index (κ2) is 7.73. The zero-order valence-corrected chi connectivity index (χ0v) is 14.1. The number of methoxy groups -OCH3 is 2. The Morgan fingerprint density at radius 3 is 2.27 bits per heavy atom. The third-order valence-electron chi connectivity index (χ3n) is 3.68. The molecule has 0 bridgehead atoms. The topological polar surface area (TPSA) is 44.5 Å². The summed E-state index contributed by atoms with van der Waals surface area (Å²) in [6.07, 6.45) is 0.650. The molecule has 0 heterocycles. The van der Waals surface area contributed by atoms with Crippen molar-refractivity contribution in [3.05, 3.63) is 57.6 Å². The van der Waals surface area contributed by atoms with Gasteiger partial charge < -0.3 is 15.2 Å². The molecule has 2 aromatic rings. The number of hydrogen-bond donors (Lipinski definition) is 1. The van der Waals surface area contributed by atoms with Gasteiger partial charge in [0, 0.05) is 22.0 Å². The maximum atomic E-state index is 6.26. The fraction of sp³-hybridized carbons (Fsp3) is 0.294. The minimum absolute atomic E-state index is 0.0539. The van der Waals surface area contributed by atoms with Crippen LogP contribution in [0.15, 0.2) is 36.4 Å². The van der Waals surface area contributed by atoms with Crippen LogP contribution in [0.5, 0.6) is 11.5 Å². The van der Waals surface area contributed by atoms with Crippen LogP contribution >= 0.6 is 23.2 Å². The Labute approximate surface area is 140 Å². The number of halogens is 2. The van der Waals surface area contributed by atoms with Crippen molar-refractivity contribution in [2.75, 3.05) is 20.8 Å². The maximum absolute atomic E-state index is 6.26. The van der Waals surface area contributed by atoms with Gasteiger partial charge in [-0.1, -0.05) is 35.3 Å². The second-order valence-electron chi connectivity index (χ2n) is 4.94. The normalized spacial score (nSPS) is 12.0. The zero-order valence-electron chi connectivity index (χ0n) is 12.6. The summed E-state index contributed by atoms with van der Waals surface area (Å²) < 4.78 is 10.7. The van der Waals surface area contributed by atoms with E-state index in [2.05, 4.69) is 0 Å². The van der Waals surface area contributed by atoms with E-state index in [1.54, 1.807) is 14.2 Å². The van der Waals surface area contributed by atoms with E-state index >= 15 is 0 Å². The van der Waals surface area contributed by atoms with E-state index in [0.29, 0.717) is 23.0 Å². The average molecular weight is 340 g/mol. The lowest BCUT2D eigenvalue weighted by atomic mass is 9.91. The summed E-state index contributed by atoms with van der Waals surface area (Å²) in [6, 6.07) is 11.2. The highest BCUT2D eigenvalue weighted by Crippen LogP contribution is 2.35. The summed E-state index contributed by atoms with van der Waals surface area (Å²) in [5.74, 6) is 1.54. The monoisotopic (exact) mass is 339 g/mol. The van der Waals surface area contributed by atoms with Crippen molar-refractivity contribution >= 4 is 23.2 Å². The van der Waals surface area contributed by atoms with Crippen molar-refractivity contribution in [3.8, 4) is 11.5 Å². The molecule has 118 valence electrons. The van der Waals surface area contributed by atoms with Crippen molar-refractivity contribution in [1.82, 2.24) is 0 Å². The molecule has 0 fully saturated rings. The smallest absolute Gasteiger partial charge is 0.126 e. The number of hydrogen-bond acceptors (Lipinski definition) is 3. The summed E-state index contributed by atoms with van der Waals surface area (Å²) in [5.41, 5.74) is 7.89. The molecule has 0 aliphatic carbocycles. The van der Waals surface area contributed by atoms with Gasteiger partial charge in [0.2, 0.25) is 0 Å². The summed E-state index contributed by atoms with van der Waals surface area (Å²) in [6.45, 7) is 0.463. The molecule has 1 unspecified atom stereocenters. The van der Waals surface area contributed by atoms with Crippen LogP contribution in [0.25, 0.3) is 0 Å². The molecule has 0 aliphatic heterocycles. The van der Waals surface area contributed by atoms with Crippen molar-refractivity contribution in [3.63, 3.8) is 0 Å². The van der Waals surface area contributed by atoms with Gasteiger partial charge in [-0.2, -0.15) is 0 Å². The Bertz CT molecular complexity index is 626. The van der Waals surface area contributed by atoms with Crippen molar-refractivity contribution < 1.29 is 9.47 Å². The molecule has 0 saturated carbocycles. The molecule has 0 amide bonds. The van der Waals surface area contributed by atoms with Gasteiger partial charge in [-0.15, -0.1) is 0 Å². The largest absolute Gasteiger partial charge is 0.497 e. The van der Waals surface area contributed by atoms with Crippen LogP contribution in [-0.4, -0.2) is 20.8 Å². The van der Waals surface area contributed by atoms with Gasteiger partial charge in [0.25, 0.3) is 0 Å². The first-order chi connectivity index (χ1) is 10.6. The van der Waals surface area contributed by atoms with E-state index < -0.39 is 0 Å².